The normalized spacial score (nSPS) is 14.0. The molecule has 0 fully saturated rings. The number of nitrogens with one attached hydrogen (secondary N) is 4. The standard InChI is InChI=1S/C23H31N7O7/c1-12(20(33)29-17(23(36)37)6-7-19(25)32)28-22(35)18(9-14-10-26-11-27-14)30-21(34)16(24)8-13-2-4-15(31)5-3-13/h2-5,10-12,16-18,31H,6-9,24H2,1H3,(H2,25,32)(H,26,27)(H,28,35)(H,29,33)(H,30,34)(H,36,37). The van der Waals surface area contributed by atoms with E-state index in [1.165, 1.54) is 31.6 Å². The van der Waals surface area contributed by atoms with Gasteiger partial charge in [0.25, 0.3) is 0 Å². The van der Waals surface area contributed by atoms with Gasteiger partial charge in [0.15, 0.2) is 0 Å². The van der Waals surface area contributed by atoms with Gasteiger partial charge in [-0.25, -0.2) is 9.78 Å². The van der Waals surface area contributed by atoms with Crippen molar-refractivity contribution < 1.29 is 34.2 Å². The molecule has 4 unspecified atom stereocenters. The topological polar surface area (TPSA) is 243 Å². The largest absolute Gasteiger partial charge is 0.508 e. The Kier molecular flexibility index (Phi) is 10.6. The van der Waals surface area contributed by atoms with Crippen LogP contribution in [-0.2, 0) is 36.8 Å². The smallest absolute Gasteiger partial charge is 0.326 e. The summed E-state index contributed by atoms with van der Waals surface area (Å²) in [5.41, 5.74) is 12.3. The highest BCUT2D eigenvalue weighted by Gasteiger charge is 2.29. The van der Waals surface area contributed by atoms with Gasteiger partial charge in [0, 0.05) is 24.7 Å². The quantitative estimate of drug-likeness (QED) is 0.139. The van der Waals surface area contributed by atoms with Gasteiger partial charge in [0.2, 0.25) is 23.6 Å². The summed E-state index contributed by atoms with van der Waals surface area (Å²) >= 11 is 0. The Morgan fingerprint density at radius 2 is 1.62 bits per heavy atom. The van der Waals surface area contributed by atoms with Crippen molar-refractivity contribution in [1.82, 2.24) is 25.9 Å². The number of aromatic amines is 1. The summed E-state index contributed by atoms with van der Waals surface area (Å²) in [5, 5.41) is 25.9. The molecule has 37 heavy (non-hydrogen) atoms. The summed E-state index contributed by atoms with van der Waals surface area (Å²) in [4.78, 5) is 67.3. The van der Waals surface area contributed by atoms with Crippen molar-refractivity contribution in [2.75, 3.05) is 0 Å². The molecule has 0 spiro atoms. The molecule has 1 aromatic carbocycles. The highest BCUT2D eigenvalue weighted by atomic mass is 16.4. The van der Waals surface area contributed by atoms with E-state index in [0.717, 1.165) is 0 Å². The number of aromatic nitrogens is 2. The van der Waals surface area contributed by atoms with Crippen LogP contribution in [0.3, 0.4) is 0 Å². The van der Waals surface area contributed by atoms with E-state index in [0.29, 0.717) is 11.3 Å². The number of phenols is 1. The molecule has 14 nitrogen and oxygen atoms in total. The van der Waals surface area contributed by atoms with E-state index in [1.54, 1.807) is 12.1 Å². The number of benzene rings is 1. The lowest BCUT2D eigenvalue weighted by Crippen LogP contribution is -2.57. The minimum absolute atomic E-state index is 0.00814. The van der Waals surface area contributed by atoms with Crippen LogP contribution < -0.4 is 27.4 Å². The number of carbonyl (C=O) groups is 5. The third kappa shape index (κ3) is 9.60. The van der Waals surface area contributed by atoms with Crippen LogP contribution in [0.5, 0.6) is 5.75 Å². The van der Waals surface area contributed by atoms with Gasteiger partial charge in [-0.1, -0.05) is 12.1 Å². The lowest BCUT2D eigenvalue weighted by atomic mass is 10.0. The monoisotopic (exact) mass is 517 g/mol. The van der Waals surface area contributed by atoms with Crippen LogP contribution in [-0.4, -0.2) is 73.9 Å². The average Bonchev–Trinajstić information content (AvgIpc) is 3.35. The van der Waals surface area contributed by atoms with E-state index in [-0.39, 0.29) is 31.4 Å². The van der Waals surface area contributed by atoms with Crippen molar-refractivity contribution in [3.63, 3.8) is 0 Å². The van der Waals surface area contributed by atoms with Crippen molar-refractivity contribution in [3.8, 4) is 5.75 Å². The second-order valence-electron chi connectivity index (χ2n) is 8.45. The van der Waals surface area contributed by atoms with Crippen molar-refractivity contribution in [2.45, 2.75) is 56.8 Å². The molecule has 0 aliphatic carbocycles. The Labute approximate surface area is 212 Å². The summed E-state index contributed by atoms with van der Waals surface area (Å²) in [6.45, 7) is 1.34. The zero-order chi connectivity index (χ0) is 27.5. The van der Waals surface area contributed by atoms with E-state index >= 15 is 0 Å². The summed E-state index contributed by atoms with van der Waals surface area (Å²) in [6.07, 6.45) is 2.56. The molecule has 4 amide bonds. The van der Waals surface area contributed by atoms with Gasteiger partial charge in [0.1, 0.15) is 23.9 Å². The average molecular weight is 518 g/mol. The summed E-state index contributed by atoms with van der Waals surface area (Å²) in [7, 11) is 0. The number of primary amides is 1. The maximum absolute atomic E-state index is 13.0. The van der Waals surface area contributed by atoms with E-state index in [1.807, 2.05) is 0 Å². The van der Waals surface area contributed by atoms with Crippen LogP contribution in [0.4, 0.5) is 0 Å². The molecular weight excluding hydrogens is 486 g/mol. The Hall–Kier alpha value is -4.46. The Morgan fingerprint density at radius 1 is 0.973 bits per heavy atom. The fraction of sp³-hybridized carbons (Fsp3) is 0.391. The molecule has 1 aromatic heterocycles. The molecule has 200 valence electrons. The number of carboxylic acid groups (broad SMARTS) is 1. The molecular formula is C23H31N7O7. The second-order valence-corrected chi connectivity index (χ2v) is 8.45. The number of amides is 4. The number of H-pyrrole nitrogens is 1. The van der Waals surface area contributed by atoms with E-state index in [2.05, 4.69) is 25.9 Å². The number of hydrogen-bond acceptors (Lipinski definition) is 8. The number of rotatable bonds is 14. The van der Waals surface area contributed by atoms with Crippen LogP contribution in [0.15, 0.2) is 36.8 Å². The highest BCUT2D eigenvalue weighted by Crippen LogP contribution is 2.11. The van der Waals surface area contributed by atoms with Gasteiger partial charge in [-0.15, -0.1) is 0 Å². The predicted molar refractivity (Wildman–Crippen MR) is 130 cm³/mol. The molecule has 0 aliphatic rings. The highest BCUT2D eigenvalue weighted by molar-refractivity contribution is 5.94. The van der Waals surface area contributed by atoms with Crippen LogP contribution in [0.25, 0.3) is 0 Å². The van der Waals surface area contributed by atoms with Gasteiger partial charge in [0.05, 0.1) is 12.4 Å². The van der Waals surface area contributed by atoms with E-state index in [9.17, 15) is 34.2 Å². The van der Waals surface area contributed by atoms with Crippen molar-refractivity contribution in [2.24, 2.45) is 11.5 Å². The Balaban J connectivity index is 2.04. The zero-order valence-corrected chi connectivity index (χ0v) is 20.1. The first kappa shape index (κ1) is 28.8. The SMILES string of the molecule is CC(NC(=O)C(Cc1cnc[nH]1)NC(=O)C(N)Cc1ccc(O)cc1)C(=O)NC(CCC(N)=O)C(=O)O. The number of aliphatic carboxylic acids is 1. The second kappa shape index (κ2) is 13.6. The van der Waals surface area contributed by atoms with Crippen molar-refractivity contribution in [1.29, 1.82) is 0 Å². The summed E-state index contributed by atoms with van der Waals surface area (Å²) in [6, 6.07) is 1.46. The predicted octanol–water partition coefficient (Wildman–Crippen LogP) is -1.95. The van der Waals surface area contributed by atoms with Gasteiger partial charge >= 0.3 is 5.97 Å². The summed E-state index contributed by atoms with van der Waals surface area (Å²) in [5.74, 6) is -4.16. The number of aromatic hydroxyl groups is 1. The number of imidazole rings is 1. The fourth-order valence-corrected chi connectivity index (χ4v) is 3.30. The van der Waals surface area contributed by atoms with Crippen LogP contribution >= 0.6 is 0 Å². The molecule has 0 radical (unpaired) electrons. The first-order valence-electron chi connectivity index (χ1n) is 11.4. The van der Waals surface area contributed by atoms with Gasteiger partial charge in [-0.2, -0.15) is 0 Å². The minimum Gasteiger partial charge on any atom is -0.508 e. The number of carbonyl (C=O) groups excluding carboxylic acids is 4. The molecule has 0 aliphatic heterocycles. The molecule has 10 N–H and O–H groups in total. The number of phenolic OH excluding ortho intramolecular Hbond substituents is 1. The lowest BCUT2D eigenvalue weighted by Gasteiger charge is -2.23. The Morgan fingerprint density at radius 3 is 2.19 bits per heavy atom. The van der Waals surface area contributed by atoms with Crippen LogP contribution in [0, 0.1) is 0 Å². The van der Waals surface area contributed by atoms with Gasteiger partial charge < -0.3 is 42.6 Å². The molecule has 14 heteroatoms. The summed E-state index contributed by atoms with van der Waals surface area (Å²) < 4.78 is 0. The number of nitrogens with two attached hydrogens (primary N) is 2. The number of nitrogens with zero attached hydrogens (tertiary/aromatic N) is 1. The minimum atomic E-state index is -1.38. The molecule has 1 heterocycles. The number of hydrogen-bond donors (Lipinski definition) is 8. The molecule has 2 aromatic rings. The Bertz CT molecular complexity index is 1090. The fourth-order valence-electron chi connectivity index (χ4n) is 3.30. The first-order chi connectivity index (χ1) is 17.5. The van der Waals surface area contributed by atoms with Crippen molar-refractivity contribution >= 4 is 29.6 Å². The zero-order valence-electron chi connectivity index (χ0n) is 20.1. The third-order valence-corrected chi connectivity index (χ3v) is 5.39. The third-order valence-electron chi connectivity index (χ3n) is 5.39. The van der Waals surface area contributed by atoms with Gasteiger partial charge in [-0.05, 0) is 37.5 Å². The van der Waals surface area contributed by atoms with E-state index in [4.69, 9.17) is 11.5 Å². The molecule has 0 saturated carbocycles. The van der Waals surface area contributed by atoms with Gasteiger partial charge in [-0.3, -0.25) is 19.2 Å². The van der Waals surface area contributed by atoms with Crippen molar-refractivity contribution in [3.05, 3.63) is 48.0 Å². The molecule has 4 atom stereocenters. The molecule has 0 saturated heterocycles. The number of carboxylic acids is 1. The van der Waals surface area contributed by atoms with E-state index < -0.39 is 53.8 Å². The molecule has 2 rings (SSSR count). The van der Waals surface area contributed by atoms with Crippen LogP contribution in [0.1, 0.15) is 31.0 Å². The lowest BCUT2D eigenvalue weighted by molar-refractivity contribution is -0.142. The maximum Gasteiger partial charge on any atom is 0.326 e. The maximum atomic E-state index is 13.0. The first-order valence-corrected chi connectivity index (χ1v) is 11.4. The van der Waals surface area contributed by atoms with Crippen LogP contribution in [0.2, 0.25) is 0 Å². The molecule has 0 bridgehead atoms.